The number of imide groups is 1. The number of pyridine rings is 2. The lowest BCUT2D eigenvalue weighted by atomic mass is 9.94. The van der Waals surface area contributed by atoms with Crippen LogP contribution in [-0.4, -0.2) is 126 Å². The summed E-state index contributed by atoms with van der Waals surface area (Å²) in [6.07, 6.45) is 7.85. The van der Waals surface area contributed by atoms with Crippen LogP contribution in [-0.2, 0) is 36.8 Å². The van der Waals surface area contributed by atoms with Crippen molar-refractivity contribution in [2.75, 3.05) is 64.7 Å². The van der Waals surface area contributed by atoms with Crippen LogP contribution in [0.25, 0.3) is 33.3 Å². The van der Waals surface area contributed by atoms with Crippen LogP contribution in [0.3, 0.4) is 0 Å². The largest absolute Gasteiger partial charge is 0.388 e. The van der Waals surface area contributed by atoms with E-state index in [1.54, 1.807) is 46.6 Å². The number of imidazole rings is 1. The Kier molecular flexibility index (Phi) is 12.9. The van der Waals surface area contributed by atoms with Crippen molar-refractivity contribution in [2.24, 2.45) is 20.0 Å². The molecule has 3 saturated heterocycles. The number of carbonyl (C=O) groups is 3. The van der Waals surface area contributed by atoms with E-state index in [1.165, 1.54) is 16.7 Å². The summed E-state index contributed by atoms with van der Waals surface area (Å²) in [6, 6.07) is 15.2. The third kappa shape index (κ3) is 8.99. The molecule has 366 valence electrons. The van der Waals surface area contributed by atoms with Crippen LogP contribution in [0.2, 0.25) is 0 Å². The topological polar surface area (TPSA) is 155 Å². The van der Waals surface area contributed by atoms with Gasteiger partial charge in [-0.3, -0.25) is 52.9 Å². The number of piperidine rings is 2. The summed E-state index contributed by atoms with van der Waals surface area (Å²) < 4.78 is 38.4. The highest BCUT2D eigenvalue weighted by molar-refractivity contribution is 6.00. The second kappa shape index (κ2) is 19.2. The van der Waals surface area contributed by atoms with Gasteiger partial charge in [-0.05, 0) is 92.1 Å². The van der Waals surface area contributed by atoms with Crippen molar-refractivity contribution in [2.45, 2.75) is 64.2 Å². The Morgan fingerprint density at radius 3 is 2.33 bits per heavy atom. The highest BCUT2D eigenvalue weighted by Gasteiger charge is 2.33. The quantitative estimate of drug-likeness (QED) is 0.169. The van der Waals surface area contributed by atoms with Crippen molar-refractivity contribution >= 4 is 51.0 Å². The van der Waals surface area contributed by atoms with E-state index in [2.05, 4.69) is 37.2 Å². The van der Waals surface area contributed by atoms with Gasteiger partial charge in [-0.25, -0.2) is 18.6 Å². The van der Waals surface area contributed by atoms with Gasteiger partial charge < -0.3 is 14.8 Å². The van der Waals surface area contributed by atoms with Crippen molar-refractivity contribution in [1.82, 2.24) is 48.2 Å². The second-order valence-corrected chi connectivity index (χ2v) is 19.5. The maximum absolute atomic E-state index is 15.8. The molecule has 4 aliphatic heterocycles. The number of benzene rings is 2. The Morgan fingerprint density at radius 1 is 0.843 bits per heavy atom. The van der Waals surface area contributed by atoms with Crippen molar-refractivity contribution in [3.05, 3.63) is 128 Å². The SMILES string of the molecule is CNc1ccn(-c2ccnc3c2cc(CN2CC=C(c4c(F)cc(C(=O)N5CCC(CN6CCN(Cc7ccc8c(c7)n(C)c(=O)n8[C@@H]7CCC(=O)NC7=O)C[C@@H]6C)CC5)cc4F)CC2)n3C)c(=O)c1. The molecule has 4 aromatic heterocycles. The first-order valence-electron chi connectivity index (χ1n) is 24.3. The van der Waals surface area contributed by atoms with Gasteiger partial charge in [-0.15, -0.1) is 0 Å². The number of hydrogen-bond acceptors (Lipinski definition) is 10. The predicted octanol–water partition coefficient (Wildman–Crippen LogP) is 5.02. The highest BCUT2D eigenvalue weighted by Crippen LogP contribution is 2.32. The molecule has 10 rings (SSSR count). The Bertz CT molecular complexity index is 3180. The summed E-state index contributed by atoms with van der Waals surface area (Å²) in [5.41, 5.74) is 5.80. The second-order valence-electron chi connectivity index (χ2n) is 19.5. The maximum atomic E-state index is 15.8. The van der Waals surface area contributed by atoms with Crippen molar-refractivity contribution < 1.29 is 23.2 Å². The first kappa shape index (κ1) is 46.9. The lowest BCUT2D eigenvalue weighted by Gasteiger charge is -2.42. The maximum Gasteiger partial charge on any atom is 0.329 e. The Morgan fingerprint density at radius 2 is 1.63 bits per heavy atom. The molecule has 0 spiro atoms. The Labute approximate surface area is 403 Å². The van der Waals surface area contributed by atoms with Gasteiger partial charge in [-0.2, -0.15) is 0 Å². The summed E-state index contributed by atoms with van der Waals surface area (Å²) >= 11 is 0. The first-order valence-corrected chi connectivity index (χ1v) is 24.3. The lowest BCUT2D eigenvalue weighted by molar-refractivity contribution is -0.135. The van der Waals surface area contributed by atoms with Crippen LogP contribution >= 0.6 is 0 Å². The van der Waals surface area contributed by atoms with Gasteiger partial charge in [0.05, 0.1) is 16.7 Å². The van der Waals surface area contributed by atoms with Gasteiger partial charge in [0, 0.05) is 145 Å². The normalized spacial score (nSPS) is 20.1. The van der Waals surface area contributed by atoms with Crippen molar-refractivity contribution in [3.63, 3.8) is 0 Å². The molecule has 18 heteroatoms. The molecule has 2 aromatic carbocycles. The molecule has 2 N–H and O–H groups in total. The third-order valence-electron chi connectivity index (χ3n) is 15.1. The molecule has 16 nitrogen and oxygen atoms in total. The number of fused-ring (bicyclic) bond motifs is 2. The van der Waals surface area contributed by atoms with Crippen LogP contribution < -0.4 is 21.9 Å². The summed E-state index contributed by atoms with van der Waals surface area (Å²) in [6.45, 7) is 9.20. The summed E-state index contributed by atoms with van der Waals surface area (Å²) in [4.78, 5) is 77.7. The molecule has 0 unspecified atom stereocenters. The van der Waals surface area contributed by atoms with E-state index < -0.39 is 23.6 Å². The molecule has 0 radical (unpaired) electrons. The van der Waals surface area contributed by atoms with Gasteiger partial charge in [-0.1, -0.05) is 12.1 Å². The molecule has 2 atom stereocenters. The van der Waals surface area contributed by atoms with E-state index in [4.69, 9.17) is 0 Å². The fourth-order valence-electron chi connectivity index (χ4n) is 11.1. The summed E-state index contributed by atoms with van der Waals surface area (Å²) in [7, 11) is 5.42. The van der Waals surface area contributed by atoms with E-state index in [0.29, 0.717) is 68.6 Å². The molecule has 8 heterocycles. The van der Waals surface area contributed by atoms with E-state index in [9.17, 15) is 24.0 Å². The van der Waals surface area contributed by atoms with Gasteiger partial charge >= 0.3 is 5.69 Å². The fourth-order valence-corrected chi connectivity index (χ4v) is 11.1. The molecule has 3 amide bonds. The average molecular weight is 956 g/mol. The number of nitrogens with one attached hydrogen (secondary N) is 2. The van der Waals surface area contributed by atoms with Gasteiger partial charge in [0.15, 0.2) is 0 Å². The number of amides is 3. The smallest absolute Gasteiger partial charge is 0.329 e. The Balaban J connectivity index is 0.711. The Hall–Kier alpha value is -6.76. The molecular formula is C52H59F2N11O5. The number of rotatable bonds is 11. The number of likely N-dealkylation sites (tertiary alicyclic amines) is 1. The predicted molar refractivity (Wildman–Crippen MR) is 264 cm³/mol. The van der Waals surface area contributed by atoms with Crippen LogP contribution in [0.15, 0.2) is 82.7 Å². The van der Waals surface area contributed by atoms with E-state index in [0.717, 1.165) is 84.7 Å². The number of aromatic nitrogens is 5. The van der Waals surface area contributed by atoms with Gasteiger partial charge in [0.25, 0.3) is 11.5 Å². The molecule has 0 aliphatic carbocycles. The molecule has 4 aliphatic rings. The number of piperazine rings is 1. The summed E-state index contributed by atoms with van der Waals surface area (Å²) in [5, 5.41) is 6.21. The number of nitrogens with zero attached hydrogens (tertiary/aromatic N) is 9. The minimum absolute atomic E-state index is 0.0252. The fraction of sp³-hybridized carbons (Fsp3) is 0.423. The molecular weight excluding hydrogens is 897 g/mol. The monoisotopic (exact) mass is 955 g/mol. The van der Waals surface area contributed by atoms with E-state index >= 15 is 8.78 Å². The summed E-state index contributed by atoms with van der Waals surface area (Å²) in [5.74, 6) is -2.19. The van der Waals surface area contributed by atoms with Gasteiger partial charge in [0.2, 0.25) is 11.8 Å². The standard InChI is InChI=1S/C52H59F2N11O5/c1-32-28-61(29-34-5-6-43-45(23-34)59(4)52(70)65(43)44-7-8-46(66)57-50(44)68)21-22-63(32)30-33-10-18-62(19-11-33)51(69)36-24-40(53)48(41(54)25-36)35-12-16-60(17-13-35)31-38-27-39-42(9-15-56-49(39)58(38)3)64-20-14-37(55-2)26-47(64)67/h5-6,9,12,14-15,20,23-27,32-33,44,55H,7-8,10-11,13,16-19,21-22,28-31H2,1-4H3,(H,57,66,68)/t32-,44+/m0/s1. The zero-order valence-corrected chi connectivity index (χ0v) is 40.1. The minimum atomic E-state index is -0.730. The van der Waals surface area contributed by atoms with Crippen LogP contribution in [0.4, 0.5) is 14.5 Å². The lowest BCUT2D eigenvalue weighted by Crippen LogP contribution is -2.53. The molecule has 6 aromatic rings. The number of anilines is 1. The zero-order valence-electron chi connectivity index (χ0n) is 40.1. The van der Waals surface area contributed by atoms with Crippen molar-refractivity contribution in [3.8, 4) is 5.69 Å². The van der Waals surface area contributed by atoms with E-state index in [-0.39, 0.29) is 40.6 Å². The average Bonchev–Trinajstić information content (AvgIpc) is 3.80. The van der Waals surface area contributed by atoms with Crippen LogP contribution in [0, 0.1) is 17.6 Å². The van der Waals surface area contributed by atoms with Crippen LogP contribution in [0.5, 0.6) is 0 Å². The third-order valence-corrected chi connectivity index (χ3v) is 15.1. The number of hydrogen-bond donors (Lipinski definition) is 2. The van der Waals surface area contributed by atoms with E-state index in [1.807, 2.05) is 54.1 Å². The first-order chi connectivity index (χ1) is 33.7. The number of aryl methyl sites for hydroxylation is 2. The number of carbonyl (C=O) groups excluding carboxylic acids is 3. The molecule has 3 fully saturated rings. The molecule has 70 heavy (non-hydrogen) atoms. The molecule has 0 bridgehead atoms. The van der Waals surface area contributed by atoms with Gasteiger partial charge in [0.1, 0.15) is 23.3 Å². The molecule has 0 saturated carbocycles. The highest BCUT2D eigenvalue weighted by atomic mass is 19.1. The van der Waals surface area contributed by atoms with Crippen LogP contribution in [0.1, 0.15) is 72.2 Å². The minimum Gasteiger partial charge on any atom is -0.388 e. The van der Waals surface area contributed by atoms with Crippen molar-refractivity contribution in [1.29, 1.82) is 0 Å². The number of halogens is 2. The zero-order chi connectivity index (χ0) is 49.0.